The zero-order valence-electron chi connectivity index (χ0n) is 7.05. The topological polar surface area (TPSA) is 43.2 Å². The van der Waals surface area contributed by atoms with Crippen molar-refractivity contribution in [2.24, 2.45) is 0 Å². The van der Waals surface area contributed by atoms with Crippen LogP contribution < -0.4 is 0 Å². The molecule has 0 spiro atoms. The van der Waals surface area contributed by atoms with Gasteiger partial charge in [0.05, 0.1) is 25.6 Å². The Morgan fingerprint density at radius 1 is 1.54 bits per heavy atom. The molecule has 1 fully saturated rings. The monoisotopic (exact) mass is 175 g/mol. The minimum absolute atomic E-state index is 0.374. The van der Waals surface area contributed by atoms with E-state index in [2.05, 4.69) is 9.97 Å². The fraction of sp³-hybridized carbons (Fsp3) is 0.333. The van der Waals surface area contributed by atoms with E-state index in [9.17, 15) is 0 Å². The van der Waals surface area contributed by atoms with Crippen LogP contribution in [-0.4, -0.2) is 27.2 Å². The quantitative estimate of drug-likeness (QED) is 0.635. The summed E-state index contributed by atoms with van der Waals surface area (Å²) >= 11 is 0. The molecule has 0 N–H and O–H groups in total. The van der Waals surface area contributed by atoms with Gasteiger partial charge in [-0.25, -0.2) is 9.97 Å². The average Bonchev–Trinajstić information content (AvgIpc) is 2.88. The number of aromatic nitrogens is 3. The lowest BCUT2D eigenvalue weighted by atomic mass is 10.4. The molecule has 1 atom stereocenters. The maximum atomic E-state index is 5.15. The molecule has 13 heavy (non-hydrogen) atoms. The predicted octanol–water partition coefficient (Wildman–Crippen LogP) is 0.830. The first-order valence-electron chi connectivity index (χ1n) is 4.31. The van der Waals surface area contributed by atoms with Gasteiger partial charge in [-0.05, 0) is 12.1 Å². The molecule has 1 saturated heterocycles. The second-order valence-corrected chi connectivity index (χ2v) is 3.20. The molecule has 0 aromatic carbocycles. The summed E-state index contributed by atoms with van der Waals surface area (Å²) in [5.74, 6) is 0. The second kappa shape index (κ2) is 2.53. The Morgan fingerprint density at radius 2 is 2.46 bits per heavy atom. The van der Waals surface area contributed by atoms with Gasteiger partial charge < -0.3 is 9.30 Å². The van der Waals surface area contributed by atoms with E-state index in [1.165, 1.54) is 0 Å². The highest BCUT2D eigenvalue weighted by Gasteiger charge is 2.23. The van der Waals surface area contributed by atoms with Crippen molar-refractivity contribution in [1.29, 1.82) is 0 Å². The molecular formula is C9H9N3O. The first-order valence-corrected chi connectivity index (χ1v) is 4.31. The standard InChI is InChI=1S/C9H9N3O/c1-2-8-9(10-3-1)12(6-11-8)4-7-5-13-7/h1-3,6-7H,4-5H2/t7-/m1/s1. The Hall–Kier alpha value is -1.42. The van der Waals surface area contributed by atoms with Gasteiger partial charge in [0.25, 0.3) is 0 Å². The van der Waals surface area contributed by atoms with Crippen LogP contribution in [0.1, 0.15) is 0 Å². The van der Waals surface area contributed by atoms with Crippen molar-refractivity contribution >= 4 is 11.2 Å². The van der Waals surface area contributed by atoms with Crippen molar-refractivity contribution in [3.8, 4) is 0 Å². The van der Waals surface area contributed by atoms with Crippen molar-refractivity contribution < 1.29 is 4.74 Å². The maximum Gasteiger partial charge on any atom is 0.159 e. The van der Waals surface area contributed by atoms with Crippen molar-refractivity contribution in [3.05, 3.63) is 24.7 Å². The van der Waals surface area contributed by atoms with Crippen LogP contribution in [0, 0.1) is 0 Å². The molecule has 3 heterocycles. The molecule has 0 radical (unpaired) electrons. The van der Waals surface area contributed by atoms with Gasteiger partial charge in [0.1, 0.15) is 5.52 Å². The van der Waals surface area contributed by atoms with Gasteiger partial charge in [0.2, 0.25) is 0 Å². The highest BCUT2D eigenvalue weighted by Crippen LogP contribution is 2.15. The average molecular weight is 175 g/mol. The smallest absolute Gasteiger partial charge is 0.159 e. The van der Waals surface area contributed by atoms with E-state index in [0.717, 1.165) is 24.3 Å². The van der Waals surface area contributed by atoms with E-state index < -0.39 is 0 Å². The fourth-order valence-electron chi connectivity index (χ4n) is 1.42. The highest BCUT2D eigenvalue weighted by atomic mass is 16.6. The van der Waals surface area contributed by atoms with Crippen LogP contribution >= 0.6 is 0 Å². The second-order valence-electron chi connectivity index (χ2n) is 3.20. The van der Waals surface area contributed by atoms with Gasteiger partial charge in [-0.3, -0.25) is 0 Å². The molecule has 4 heteroatoms. The zero-order chi connectivity index (χ0) is 8.67. The van der Waals surface area contributed by atoms with Crippen molar-refractivity contribution in [2.45, 2.75) is 12.6 Å². The van der Waals surface area contributed by atoms with Gasteiger partial charge in [-0.15, -0.1) is 0 Å². The number of ether oxygens (including phenoxy) is 1. The summed E-state index contributed by atoms with van der Waals surface area (Å²) in [5, 5.41) is 0. The van der Waals surface area contributed by atoms with Gasteiger partial charge in [0, 0.05) is 6.20 Å². The fourth-order valence-corrected chi connectivity index (χ4v) is 1.42. The van der Waals surface area contributed by atoms with Gasteiger partial charge >= 0.3 is 0 Å². The summed E-state index contributed by atoms with van der Waals surface area (Å²) in [6.07, 6.45) is 3.98. The molecule has 1 aliphatic rings. The molecule has 2 aromatic rings. The minimum atomic E-state index is 0.374. The van der Waals surface area contributed by atoms with Crippen LogP contribution in [0.25, 0.3) is 11.2 Å². The van der Waals surface area contributed by atoms with Crippen molar-refractivity contribution in [2.75, 3.05) is 6.61 Å². The number of rotatable bonds is 2. The third-order valence-corrected chi connectivity index (χ3v) is 2.18. The number of pyridine rings is 1. The van der Waals surface area contributed by atoms with E-state index in [4.69, 9.17) is 4.74 Å². The van der Waals surface area contributed by atoms with Crippen molar-refractivity contribution in [1.82, 2.24) is 14.5 Å². The maximum absolute atomic E-state index is 5.15. The molecule has 0 unspecified atom stereocenters. The molecule has 2 aromatic heterocycles. The van der Waals surface area contributed by atoms with Crippen LogP contribution in [-0.2, 0) is 11.3 Å². The Balaban J connectivity index is 2.06. The van der Waals surface area contributed by atoms with Crippen LogP contribution in [0.4, 0.5) is 0 Å². The largest absolute Gasteiger partial charge is 0.371 e. The lowest BCUT2D eigenvalue weighted by Gasteiger charge is -1.98. The minimum Gasteiger partial charge on any atom is -0.371 e. The lowest BCUT2D eigenvalue weighted by molar-refractivity contribution is 0.384. The number of nitrogens with zero attached hydrogens (tertiary/aromatic N) is 3. The van der Waals surface area contributed by atoms with Crippen LogP contribution in [0.3, 0.4) is 0 Å². The molecule has 0 amide bonds. The Kier molecular flexibility index (Phi) is 1.37. The van der Waals surface area contributed by atoms with E-state index >= 15 is 0 Å². The summed E-state index contributed by atoms with van der Waals surface area (Å²) < 4.78 is 7.19. The van der Waals surface area contributed by atoms with E-state index in [1.54, 1.807) is 6.20 Å². The number of hydrogen-bond donors (Lipinski definition) is 0. The molecule has 0 bridgehead atoms. The number of fused-ring (bicyclic) bond motifs is 1. The molecule has 0 aliphatic carbocycles. The molecule has 66 valence electrons. The molecule has 4 nitrogen and oxygen atoms in total. The van der Waals surface area contributed by atoms with Crippen molar-refractivity contribution in [3.63, 3.8) is 0 Å². The number of epoxide rings is 1. The SMILES string of the molecule is c1cnc2c(c1)ncn2C[C@@H]1CO1. The lowest BCUT2D eigenvalue weighted by Crippen LogP contribution is -2.02. The third kappa shape index (κ3) is 1.19. The predicted molar refractivity (Wildman–Crippen MR) is 47.3 cm³/mol. The normalized spacial score (nSPS) is 20.8. The Bertz CT molecular complexity index is 433. The first kappa shape index (κ1) is 7.03. The molecule has 3 rings (SSSR count). The number of hydrogen-bond acceptors (Lipinski definition) is 3. The van der Waals surface area contributed by atoms with E-state index in [-0.39, 0.29) is 0 Å². The Morgan fingerprint density at radius 3 is 3.31 bits per heavy atom. The third-order valence-electron chi connectivity index (χ3n) is 2.18. The summed E-state index contributed by atoms with van der Waals surface area (Å²) in [7, 11) is 0. The van der Waals surface area contributed by atoms with E-state index in [0.29, 0.717) is 6.10 Å². The van der Waals surface area contributed by atoms with Crippen LogP contribution in [0.5, 0.6) is 0 Å². The van der Waals surface area contributed by atoms with Gasteiger partial charge in [-0.1, -0.05) is 0 Å². The van der Waals surface area contributed by atoms with Crippen LogP contribution in [0.2, 0.25) is 0 Å². The number of imidazole rings is 1. The summed E-state index contributed by atoms with van der Waals surface area (Å²) in [4.78, 5) is 8.51. The molecular weight excluding hydrogens is 166 g/mol. The van der Waals surface area contributed by atoms with Gasteiger partial charge in [-0.2, -0.15) is 0 Å². The summed E-state index contributed by atoms with van der Waals surface area (Å²) in [5.41, 5.74) is 1.89. The Labute approximate surface area is 75.2 Å². The highest BCUT2D eigenvalue weighted by molar-refractivity contribution is 5.69. The first-order chi connectivity index (χ1) is 6.43. The molecule has 1 aliphatic heterocycles. The van der Waals surface area contributed by atoms with Gasteiger partial charge in [0.15, 0.2) is 5.65 Å². The molecule has 0 saturated carbocycles. The summed E-state index contributed by atoms with van der Waals surface area (Å²) in [6.45, 7) is 1.74. The summed E-state index contributed by atoms with van der Waals surface area (Å²) in [6, 6.07) is 3.86. The zero-order valence-corrected chi connectivity index (χ0v) is 7.05. The van der Waals surface area contributed by atoms with E-state index in [1.807, 2.05) is 23.0 Å². The van der Waals surface area contributed by atoms with Crippen LogP contribution in [0.15, 0.2) is 24.7 Å².